The molecule has 0 amide bonds. The third-order valence-electron chi connectivity index (χ3n) is 10.5. The normalized spacial score (nSPS) is 15.1. The Balaban J connectivity index is 1.24. The second-order valence-electron chi connectivity index (χ2n) is 13.2. The average molecular weight is 644 g/mol. The zero-order valence-electron chi connectivity index (χ0n) is 27.0. The van der Waals surface area contributed by atoms with Gasteiger partial charge >= 0.3 is 0 Å². The molecule has 2 aliphatic heterocycles. The molecule has 0 saturated carbocycles. The second-order valence-corrected chi connectivity index (χ2v) is 13.2. The molecule has 3 aliphatic rings. The lowest BCUT2D eigenvalue weighted by atomic mass is 9.87. The Morgan fingerprint density at radius 2 is 1.30 bits per heavy atom. The Bertz CT molecular complexity index is 2680. The summed E-state index contributed by atoms with van der Waals surface area (Å²) in [6.07, 6.45) is 1.70. The van der Waals surface area contributed by atoms with Gasteiger partial charge < -0.3 is 9.47 Å². The van der Waals surface area contributed by atoms with Gasteiger partial charge in [0.1, 0.15) is 11.5 Å². The Labute approximate surface area is 289 Å². The van der Waals surface area contributed by atoms with Gasteiger partial charge in [-0.05, 0) is 71.3 Å². The first kappa shape index (κ1) is 27.5. The number of rotatable bonds is 2. The summed E-state index contributed by atoms with van der Waals surface area (Å²) in [4.78, 5) is 13.3. The number of benzene rings is 7. The first-order valence-electron chi connectivity index (χ1n) is 17.2. The molecule has 5 heteroatoms. The van der Waals surface area contributed by atoms with Crippen molar-refractivity contribution in [3.63, 3.8) is 0 Å². The number of ether oxygens (including phenoxy) is 2. The summed E-state index contributed by atoms with van der Waals surface area (Å²) in [6.45, 7) is 0. The molecule has 50 heavy (non-hydrogen) atoms. The maximum atomic E-state index is 7.06. The number of anilines is 3. The van der Waals surface area contributed by atoms with E-state index < -0.39 is 0 Å². The highest BCUT2D eigenvalue weighted by molar-refractivity contribution is 6.09. The SMILES string of the molecule is c1ccc(-c2nc(C3CCc4ccccc4-c4cc5c6c(c43)Oc3ccccc3N6c3ccccc3O5)nc3c2ccc2ccccc23)cc1. The minimum absolute atomic E-state index is 0.159. The van der Waals surface area contributed by atoms with E-state index in [9.17, 15) is 0 Å². The van der Waals surface area contributed by atoms with Crippen LogP contribution in [0.15, 0.2) is 146 Å². The minimum Gasteiger partial charge on any atom is -0.453 e. The monoisotopic (exact) mass is 643 g/mol. The largest absolute Gasteiger partial charge is 0.453 e. The number of para-hydroxylation sites is 4. The molecule has 1 unspecified atom stereocenters. The van der Waals surface area contributed by atoms with E-state index >= 15 is 0 Å². The standard InChI is InChI=1S/C45H29N3O2/c1-2-14-29(15-3-1)41-33-25-23-28-13-5-7-17-31(28)42(33)47-45(46-41)32-24-22-27-12-4-6-16-30(27)34-26-39-43-44(40(32)34)50-38-21-11-9-19-36(38)48(43)35-18-8-10-20-37(35)49-39/h1-21,23,25-26,32H,22,24H2. The summed E-state index contributed by atoms with van der Waals surface area (Å²) in [7, 11) is 0. The predicted molar refractivity (Wildman–Crippen MR) is 199 cm³/mol. The smallest absolute Gasteiger partial charge is 0.159 e. The van der Waals surface area contributed by atoms with Gasteiger partial charge in [0, 0.05) is 27.8 Å². The maximum Gasteiger partial charge on any atom is 0.159 e. The Hall–Kier alpha value is -6.46. The fourth-order valence-corrected chi connectivity index (χ4v) is 8.21. The van der Waals surface area contributed by atoms with Crippen LogP contribution in [0.4, 0.5) is 17.1 Å². The van der Waals surface area contributed by atoms with Crippen LogP contribution in [0.3, 0.4) is 0 Å². The van der Waals surface area contributed by atoms with Gasteiger partial charge in [0.25, 0.3) is 0 Å². The lowest BCUT2D eigenvalue weighted by Gasteiger charge is -2.39. The van der Waals surface area contributed by atoms with Crippen LogP contribution < -0.4 is 14.4 Å². The van der Waals surface area contributed by atoms with Gasteiger partial charge in [0.2, 0.25) is 0 Å². The van der Waals surface area contributed by atoms with Crippen molar-refractivity contribution in [1.82, 2.24) is 9.97 Å². The van der Waals surface area contributed by atoms with Gasteiger partial charge in [-0.1, -0.05) is 109 Å². The van der Waals surface area contributed by atoms with Crippen molar-refractivity contribution < 1.29 is 9.47 Å². The van der Waals surface area contributed by atoms with Gasteiger partial charge in [-0.15, -0.1) is 0 Å². The Morgan fingerprint density at radius 3 is 2.16 bits per heavy atom. The first-order valence-corrected chi connectivity index (χ1v) is 17.2. The molecule has 0 bridgehead atoms. The van der Waals surface area contributed by atoms with Crippen LogP contribution in [0.5, 0.6) is 23.0 Å². The van der Waals surface area contributed by atoms with Gasteiger partial charge in [-0.2, -0.15) is 0 Å². The average Bonchev–Trinajstić information content (AvgIpc) is 3.34. The predicted octanol–water partition coefficient (Wildman–Crippen LogP) is 11.9. The summed E-state index contributed by atoms with van der Waals surface area (Å²) in [5.74, 6) is 3.84. The molecule has 1 atom stereocenters. The zero-order valence-corrected chi connectivity index (χ0v) is 27.0. The molecule has 236 valence electrons. The summed E-state index contributed by atoms with van der Waals surface area (Å²) in [5.41, 5.74) is 10.5. The van der Waals surface area contributed by atoms with Crippen molar-refractivity contribution in [2.24, 2.45) is 0 Å². The van der Waals surface area contributed by atoms with E-state index in [0.717, 1.165) is 103 Å². The highest BCUT2D eigenvalue weighted by Gasteiger charge is 2.40. The molecule has 0 spiro atoms. The fourth-order valence-electron chi connectivity index (χ4n) is 8.21. The quantitative estimate of drug-likeness (QED) is 0.175. The third-order valence-corrected chi connectivity index (χ3v) is 10.5. The van der Waals surface area contributed by atoms with Crippen LogP contribution in [-0.4, -0.2) is 9.97 Å². The van der Waals surface area contributed by atoms with E-state index in [1.807, 2.05) is 18.2 Å². The molecule has 7 aromatic carbocycles. The van der Waals surface area contributed by atoms with Crippen molar-refractivity contribution in [2.75, 3.05) is 4.90 Å². The van der Waals surface area contributed by atoms with E-state index in [-0.39, 0.29) is 5.92 Å². The number of fused-ring (bicyclic) bond motifs is 11. The number of hydrogen-bond donors (Lipinski definition) is 0. The first-order chi connectivity index (χ1) is 24.8. The van der Waals surface area contributed by atoms with Crippen LogP contribution in [0, 0.1) is 0 Å². The van der Waals surface area contributed by atoms with Crippen LogP contribution in [-0.2, 0) is 6.42 Å². The molecule has 0 radical (unpaired) electrons. The molecule has 0 fully saturated rings. The number of aryl methyl sites for hydroxylation is 1. The molecule has 5 nitrogen and oxygen atoms in total. The van der Waals surface area contributed by atoms with Crippen LogP contribution in [0.2, 0.25) is 0 Å². The third kappa shape index (κ3) is 3.95. The van der Waals surface area contributed by atoms with E-state index in [1.54, 1.807) is 0 Å². The molecule has 1 aliphatic carbocycles. The van der Waals surface area contributed by atoms with Gasteiger partial charge in [-0.3, -0.25) is 4.90 Å². The van der Waals surface area contributed by atoms with Crippen molar-refractivity contribution in [1.29, 1.82) is 0 Å². The van der Waals surface area contributed by atoms with E-state index in [0.29, 0.717) is 0 Å². The number of aromatic nitrogens is 2. The van der Waals surface area contributed by atoms with Gasteiger partial charge in [0.15, 0.2) is 23.0 Å². The molecule has 8 aromatic rings. The minimum atomic E-state index is -0.159. The van der Waals surface area contributed by atoms with Crippen LogP contribution in [0.25, 0.3) is 44.1 Å². The van der Waals surface area contributed by atoms with Gasteiger partial charge in [0.05, 0.1) is 22.6 Å². The van der Waals surface area contributed by atoms with Crippen LogP contribution in [0.1, 0.15) is 29.3 Å². The molecule has 0 saturated heterocycles. The summed E-state index contributed by atoms with van der Waals surface area (Å²) >= 11 is 0. The van der Waals surface area contributed by atoms with Gasteiger partial charge in [-0.25, -0.2) is 9.97 Å². The van der Waals surface area contributed by atoms with Crippen molar-refractivity contribution in [3.8, 4) is 45.4 Å². The molecular formula is C45H29N3O2. The Morgan fingerprint density at radius 1 is 0.580 bits per heavy atom. The number of nitrogens with zero attached hydrogens (tertiary/aromatic N) is 3. The second kappa shape index (κ2) is 10.5. The zero-order chi connectivity index (χ0) is 32.8. The summed E-state index contributed by atoms with van der Waals surface area (Å²) in [6, 6.07) is 50.8. The summed E-state index contributed by atoms with van der Waals surface area (Å²) in [5, 5.41) is 3.33. The highest BCUT2D eigenvalue weighted by Crippen LogP contribution is 2.63. The fraction of sp³-hybridized carbons (Fsp3) is 0.0667. The van der Waals surface area contributed by atoms with E-state index in [1.165, 1.54) is 11.1 Å². The molecule has 11 rings (SSSR count). The number of hydrogen-bond acceptors (Lipinski definition) is 5. The molecule has 3 heterocycles. The Kier molecular flexibility index (Phi) is 5.78. The summed E-state index contributed by atoms with van der Waals surface area (Å²) < 4.78 is 13.8. The van der Waals surface area contributed by atoms with Crippen molar-refractivity contribution in [3.05, 3.63) is 163 Å². The lowest BCUT2D eigenvalue weighted by Crippen LogP contribution is -2.22. The highest BCUT2D eigenvalue weighted by atomic mass is 16.5. The van der Waals surface area contributed by atoms with Crippen LogP contribution >= 0.6 is 0 Å². The van der Waals surface area contributed by atoms with Crippen molar-refractivity contribution in [2.45, 2.75) is 18.8 Å². The lowest BCUT2D eigenvalue weighted by molar-refractivity contribution is 0.439. The van der Waals surface area contributed by atoms with E-state index in [2.05, 4.69) is 132 Å². The van der Waals surface area contributed by atoms with E-state index in [4.69, 9.17) is 19.4 Å². The molecular weight excluding hydrogens is 615 g/mol. The molecule has 1 aromatic heterocycles. The maximum absolute atomic E-state index is 7.06. The topological polar surface area (TPSA) is 47.5 Å². The van der Waals surface area contributed by atoms with Crippen molar-refractivity contribution >= 4 is 38.7 Å². The molecule has 0 N–H and O–H groups in total.